The summed E-state index contributed by atoms with van der Waals surface area (Å²) in [7, 11) is 0. The lowest BCUT2D eigenvalue weighted by atomic mass is 10.3. The molecule has 0 aliphatic carbocycles. The van der Waals surface area contributed by atoms with E-state index in [1.54, 1.807) is 6.07 Å². The van der Waals surface area contributed by atoms with Gasteiger partial charge in [0, 0.05) is 17.2 Å². The van der Waals surface area contributed by atoms with E-state index in [1.807, 2.05) is 0 Å². The van der Waals surface area contributed by atoms with Gasteiger partial charge in [0.1, 0.15) is 5.75 Å². The molecule has 4 nitrogen and oxygen atoms in total. The number of hydrogen-bond donors (Lipinski definition) is 0. The van der Waals surface area contributed by atoms with Crippen molar-refractivity contribution in [2.45, 2.75) is 0 Å². The first-order chi connectivity index (χ1) is 8.97. The number of hydrogen-bond acceptors (Lipinski definition) is 3. The molecule has 0 unspecified atom stereocenters. The summed E-state index contributed by atoms with van der Waals surface area (Å²) in [5, 5.41) is 11.1. The molecule has 0 aliphatic heterocycles. The van der Waals surface area contributed by atoms with Crippen molar-refractivity contribution in [1.82, 2.24) is 0 Å². The molecule has 2 aromatic rings. The first kappa shape index (κ1) is 13.6. The van der Waals surface area contributed by atoms with Crippen LogP contribution in [0.1, 0.15) is 0 Å². The monoisotopic (exact) mass is 301 g/mol. The van der Waals surface area contributed by atoms with Gasteiger partial charge >= 0.3 is 0 Å². The molecule has 0 fully saturated rings. The molecular formula is C12H6Cl2FNO3. The first-order valence-corrected chi connectivity index (χ1v) is 5.80. The van der Waals surface area contributed by atoms with Gasteiger partial charge in [-0.2, -0.15) is 0 Å². The average Bonchev–Trinajstić information content (AvgIpc) is 2.36. The molecule has 2 aromatic carbocycles. The molecule has 98 valence electrons. The second-order valence-corrected chi connectivity index (χ2v) is 4.39. The fourth-order valence-electron chi connectivity index (χ4n) is 1.36. The van der Waals surface area contributed by atoms with Crippen molar-refractivity contribution >= 4 is 28.9 Å². The van der Waals surface area contributed by atoms with Crippen molar-refractivity contribution in [2.75, 3.05) is 0 Å². The standard InChI is InChI=1S/C12H6Cl2FNO3/c13-7-1-3-9(14)12(5-7)19-11-4-2-8(16(17)18)6-10(11)15/h1-6H. The van der Waals surface area contributed by atoms with Crippen molar-refractivity contribution in [1.29, 1.82) is 0 Å². The van der Waals surface area contributed by atoms with Gasteiger partial charge in [0.15, 0.2) is 11.6 Å². The normalized spacial score (nSPS) is 10.3. The third kappa shape index (κ3) is 3.13. The summed E-state index contributed by atoms with van der Waals surface area (Å²) in [5.74, 6) is -0.859. The van der Waals surface area contributed by atoms with Gasteiger partial charge in [0.05, 0.1) is 16.0 Å². The minimum Gasteiger partial charge on any atom is -0.453 e. The Kier molecular flexibility index (Phi) is 3.87. The number of nitro groups is 1. The van der Waals surface area contributed by atoms with Crippen LogP contribution in [0.25, 0.3) is 0 Å². The maximum Gasteiger partial charge on any atom is 0.272 e. The third-order valence-electron chi connectivity index (χ3n) is 2.24. The molecule has 0 saturated heterocycles. The van der Waals surface area contributed by atoms with E-state index in [0.717, 1.165) is 18.2 Å². The largest absolute Gasteiger partial charge is 0.453 e. The van der Waals surface area contributed by atoms with Crippen LogP contribution in [0.2, 0.25) is 10.0 Å². The summed E-state index contributed by atoms with van der Waals surface area (Å²) in [6.07, 6.45) is 0. The lowest BCUT2D eigenvalue weighted by Gasteiger charge is -2.08. The van der Waals surface area contributed by atoms with E-state index in [0.29, 0.717) is 5.02 Å². The Bertz CT molecular complexity index is 649. The van der Waals surface area contributed by atoms with Gasteiger partial charge in [-0.15, -0.1) is 0 Å². The quantitative estimate of drug-likeness (QED) is 0.602. The summed E-state index contributed by atoms with van der Waals surface area (Å²) in [5.41, 5.74) is -0.359. The molecule has 0 aromatic heterocycles. The summed E-state index contributed by atoms with van der Waals surface area (Å²) < 4.78 is 18.9. The van der Waals surface area contributed by atoms with E-state index >= 15 is 0 Å². The number of non-ortho nitro benzene ring substituents is 1. The van der Waals surface area contributed by atoms with Crippen molar-refractivity contribution < 1.29 is 14.1 Å². The zero-order valence-corrected chi connectivity index (χ0v) is 10.8. The van der Waals surface area contributed by atoms with Crippen molar-refractivity contribution in [3.05, 3.63) is 62.4 Å². The number of ether oxygens (including phenoxy) is 1. The zero-order chi connectivity index (χ0) is 14.0. The van der Waals surface area contributed by atoms with Crippen LogP contribution in [0.3, 0.4) is 0 Å². The van der Waals surface area contributed by atoms with Crippen LogP contribution in [0.15, 0.2) is 36.4 Å². The number of nitrogens with zero attached hydrogens (tertiary/aromatic N) is 1. The maximum absolute atomic E-state index is 13.6. The summed E-state index contributed by atoms with van der Waals surface area (Å²) in [6.45, 7) is 0. The molecule has 0 heterocycles. The van der Waals surface area contributed by atoms with Crippen molar-refractivity contribution in [3.63, 3.8) is 0 Å². The third-order valence-corrected chi connectivity index (χ3v) is 2.79. The highest BCUT2D eigenvalue weighted by molar-refractivity contribution is 6.34. The van der Waals surface area contributed by atoms with Crippen LogP contribution in [0, 0.1) is 15.9 Å². The van der Waals surface area contributed by atoms with Crippen molar-refractivity contribution in [2.24, 2.45) is 0 Å². The fourth-order valence-corrected chi connectivity index (χ4v) is 1.68. The molecule has 2 rings (SSSR count). The van der Waals surface area contributed by atoms with Crippen molar-refractivity contribution in [3.8, 4) is 11.5 Å². The van der Waals surface area contributed by atoms with E-state index in [4.69, 9.17) is 27.9 Å². The second kappa shape index (κ2) is 5.42. The molecule has 0 atom stereocenters. The van der Waals surface area contributed by atoms with Crippen LogP contribution < -0.4 is 4.74 Å². The number of benzene rings is 2. The summed E-state index contributed by atoms with van der Waals surface area (Å²) in [6, 6.07) is 7.55. The summed E-state index contributed by atoms with van der Waals surface area (Å²) in [4.78, 5) is 9.79. The Hall–Kier alpha value is -1.85. The van der Waals surface area contributed by atoms with Gasteiger partial charge in [-0.05, 0) is 18.2 Å². The van der Waals surface area contributed by atoms with Gasteiger partial charge < -0.3 is 4.74 Å². The van der Waals surface area contributed by atoms with E-state index in [9.17, 15) is 14.5 Å². The van der Waals surface area contributed by atoms with E-state index in [-0.39, 0.29) is 22.2 Å². The minimum atomic E-state index is -0.856. The highest BCUT2D eigenvalue weighted by Crippen LogP contribution is 2.33. The molecule has 7 heteroatoms. The Morgan fingerprint density at radius 3 is 2.47 bits per heavy atom. The molecule has 0 radical (unpaired) electrons. The van der Waals surface area contributed by atoms with E-state index in [1.165, 1.54) is 12.1 Å². The first-order valence-electron chi connectivity index (χ1n) is 5.04. The molecule has 0 amide bonds. The van der Waals surface area contributed by atoms with Gasteiger partial charge in [-0.25, -0.2) is 4.39 Å². The highest BCUT2D eigenvalue weighted by Gasteiger charge is 2.13. The Morgan fingerprint density at radius 1 is 1.11 bits per heavy atom. The maximum atomic E-state index is 13.6. The van der Waals surface area contributed by atoms with Crippen LogP contribution in [-0.2, 0) is 0 Å². The Labute approximate surface area is 117 Å². The topological polar surface area (TPSA) is 52.4 Å². The molecule has 0 N–H and O–H groups in total. The lowest BCUT2D eigenvalue weighted by molar-refractivity contribution is -0.385. The summed E-state index contributed by atoms with van der Waals surface area (Å²) >= 11 is 11.6. The van der Waals surface area contributed by atoms with Crippen LogP contribution in [0.5, 0.6) is 11.5 Å². The van der Waals surface area contributed by atoms with E-state index in [2.05, 4.69) is 0 Å². The zero-order valence-electron chi connectivity index (χ0n) is 9.27. The smallest absolute Gasteiger partial charge is 0.272 e. The van der Waals surface area contributed by atoms with Crippen LogP contribution >= 0.6 is 23.2 Å². The predicted molar refractivity (Wildman–Crippen MR) is 69.6 cm³/mol. The van der Waals surface area contributed by atoms with Crippen LogP contribution in [0.4, 0.5) is 10.1 Å². The SMILES string of the molecule is O=[N+]([O-])c1ccc(Oc2cc(Cl)ccc2Cl)c(F)c1. The van der Waals surface area contributed by atoms with Gasteiger partial charge in [0.2, 0.25) is 0 Å². The average molecular weight is 302 g/mol. The van der Waals surface area contributed by atoms with Crippen LogP contribution in [-0.4, -0.2) is 4.92 Å². The molecule has 0 bridgehead atoms. The lowest BCUT2D eigenvalue weighted by Crippen LogP contribution is -1.93. The predicted octanol–water partition coefficient (Wildman–Crippen LogP) is 4.83. The van der Waals surface area contributed by atoms with Gasteiger partial charge in [-0.1, -0.05) is 23.2 Å². The fraction of sp³-hybridized carbons (Fsp3) is 0. The Balaban J connectivity index is 2.33. The molecular weight excluding hydrogens is 296 g/mol. The molecule has 0 saturated carbocycles. The minimum absolute atomic E-state index is 0.168. The number of rotatable bonds is 3. The van der Waals surface area contributed by atoms with E-state index < -0.39 is 10.7 Å². The molecule has 19 heavy (non-hydrogen) atoms. The second-order valence-electron chi connectivity index (χ2n) is 3.55. The molecule has 0 aliphatic rings. The molecule has 0 spiro atoms. The Morgan fingerprint density at radius 2 is 1.84 bits per heavy atom. The van der Waals surface area contributed by atoms with Gasteiger partial charge in [0.25, 0.3) is 5.69 Å². The highest BCUT2D eigenvalue weighted by atomic mass is 35.5. The number of nitro benzene ring substituents is 1. The van der Waals surface area contributed by atoms with Gasteiger partial charge in [-0.3, -0.25) is 10.1 Å². The number of halogens is 3.